The quantitative estimate of drug-likeness (QED) is 0.157. The molecule has 5 N–H and O–H groups in total. The minimum atomic E-state index is -4.79. The number of hydrogen-bond donors (Lipinski definition) is 4. The summed E-state index contributed by atoms with van der Waals surface area (Å²) in [6.07, 6.45) is -12.9. The summed E-state index contributed by atoms with van der Waals surface area (Å²) in [5.41, 5.74) is 3.87. The molecule has 0 bridgehead atoms. The Morgan fingerprint density at radius 2 is 1.70 bits per heavy atom. The summed E-state index contributed by atoms with van der Waals surface area (Å²) < 4.78 is 79.6. The molecule has 1 aliphatic rings. The second-order valence-electron chi connectivity index (χ2n) is 7.94. The van der Waals surface area contributed by atoms with E-state index in [-0.39, 0.29) is 26.9 Å². The van der Waals surface area contributed by atoms with E-state index in [1.807, 2.05) is 0 Å². The van der Waals surface area contributed by atoms with Crippen molar-refractivity contribution < 1.29 is 55.5 Å². The molecule has 0 saturated carbocycles. The van der Waals surface area contributed by atoms with E-state index < -0.39 is 49.0 Å². The Morgan fingerprint density at radius 1 is 1.10 bits per heavy atom. The van der Waals surface area contributed by atoms with Gasteiger partial charge in [0.05, 0.1) is 5.71 Å². The van der Waals surface area contributed by atoms with Gasteiger partial charge in [-0.15, -0.1) is 0 Å². The van der Waals surface area contributed by atoms with Crippen molar-refractivity contribution in [2.45, 2.75) is 31.3 Å². The van der Waals surface area contributed by atoms with Crippen LogP contribution in [-0.2, 0) is 15.2 Å². The number of hydrogen-bond acceptors (Lipinski definition) is 7. The number of ether oxygens (including phenoxy) is 1. The highest BCUT2D eigenvalue weighted by Crippen LogP contribution is 2.49. The summed E-state index contributed by atoms with van der Waals surface area (Å²) in [4.78, 5) is 36.5. The lowest BCUT2D eigenvalue weighted by molar-refractivity contribution is -0.275. The summed E-state index contributed by atoms with van der Waals surface area (Å²) >= 11 is 11.7. The summed E-state index contributed by atoms with van der Waals surface area (Å²) in [6.45, 7) is 0.0112. The fraction of sp³-hybridized carbons (Fsp3) is 0.273. The van der Waals surface area contributed by atoms with Crippen LogP contribution in [0.25, 0.3) is 0 Å². The Kier molecular flexibility index (Phi) is 10.2. The number of oxime groups is 1. The Bertz CT molecular complexity index is 1300. The number of nitrogens with one attached hydrogen (secondary N) is 2. The van der Waals surface area contributed by atoms with E-state index in [1.165, 1.54) is 35.1 Å². The Hall–Kier alpha value is -3.76. The molecule has 0 aromatic heterocycles. The van der Waals surface area contributed by atoms with Crippen LogP contribution in [0.2, 0.25) is 10.0 Å². The fourth-order valence-electron chi connectivity index (χ4n) is 3.30. The molecule has 0 aliphatic carbocycles. The number of carbonyl (C=O) groups excluding carboxylic acids is 3. The second-order valence-corrected chi connectivity index (χ2v) is 8.81. The number of nitrogens with zero attached hydrogens (tertiary/aromatic N) is 1. The molecule has 1 aliphatic heterocycles. The molecule has 2 aromatic rings. The third-order valence-electron chi connectivity index (χ3n) is 5.05. The maximum atomic E-state index is 14.0. The third-order valence-corrected chi connectivity index (χ3v) is 5.48. The van der Waals surface area contributed by atoms with E-state index in [0.717, 1.165) is 12.1 Å². The van der Waals surface area contributed by atoms with Crippen molar-refractivity contribution in [2.75, 3.05) is 6.54 Å². The van der Waals surface area contributed by atoms with Gasteiger partial charge in [0.15, 0.2) is 0 Å². The molecule has 1 heterocycles. The predicted octanol–water partition coefficient (Wildman–Crippen LogP) is 5.36. The molecule has 2 aromatic carbocycles. The van der Waals surface area contributed by atoms with Crippen molar-refractivity contribution in [1.82, 2.24) is 10.8 Å². The number of benzene rings is 2. The molecule has 1 unspecified atom stereocenters. The van der Waals surface area contributed by atoms with Gasteiger partial charge < -0.3 is 20.6 Å². The molecular formula is C22H18Cl2F6N4O6. The zero-order valence-electron chi connectivity index (χ0n) is 19.9. The molecule has 1 atom stereocenters. The molecule has 0 spiro atoms. The fourth-order valence-corrected chi connectivity index (χ4v) is 3.83. The van der Waals surface area contributed by atoms with Crippen molar-refractivity contribution in [1.29, 1.82) is 0 Å². The lowest BCUT2D eigenvalue weighted by atomic mass is 9.86. The molecule has 218 valence electrons. The van der Waals surface area contributed by atoms with Crippen molar-refractivity contribution in [2.24, 2.45) is 10.9 Å². The van der Waals surface area contributed by atoms with Gasteiger partial charge >= 0.3 is 24.5 Å². The van der Waals surface area contributed by atoms with Gasteiger partial charge in [-0.05, 0) is 48.4 Å². The zero-order chi connectivity index (χ0) is 30.5. The van der Waals surface area contributed by atoms with Crippen LogP contribution in [-0.4, -0.2) is 47.9 Å². The molecule has 3 rings (SSSR count). The number of halogens is 8. The van der Waals surface area contributed by atoms with Gasteiger partial charge in [-0.3, -0.25) is 10.0 Å². The highest BCUT2D eigenvalue weighted by molar-refractivity contribution is 6.34. The summed E-state index contributed by atoms with van der Waals surface area (Å²) in [5, 5.41) is 13.7. The van der Waals surface area contributed by atoms with Gasteiger partial charge in [-0.1, -0.05) is 34.4 Å². The van der Waals surface area contributed by atoms with Crippen molar-refractivity contribution in [3.63, 3.8) is 0 Å². The number of rotatable bonds is 4. The van der Waals surface area contributed by atoms with E-state index in [1.54, 1.807) is 6.92 Å². The lowest BCUT2D eigenvalue weighted by Gasteiger charge is -2.29. The summed E-state index contributed by atoms with van der Waals surface area (Å²) in [6, 6.07) is 7.89. The monoisotopic (exact) mass is 618 g/mol. The number of alkyl halides is 6. The zero-order valence-corrected chi connectivity index (χ0v) is 21.4. The molecule has 18 heteroatoms. The van der Waals surface area contributed by atoms with Gasteiger partial charge in [-0.2, -0.15) is 26.3 Å². The van der Waals surface area contributed by atoms with Crippen LogP contribution in [0, 0.1) is 6.92 Å². The van der Waals surface area contributed by atoms with Crippen molar-refractivity contribution >= 4 is 47.0 Å². The molecule has 40 heavy (non-hydrogen) atoms. The lowest BCUT2D eigenvalue weighted by Crippen LogP contribution is -2.42. The van der Waals surface area contributed by atoms with Gasteiger partial charge in [-0.25, -0.2) is 15.1 Å². The van der Waals surface area contributed by atoms with Crippen LogP contribution in [0.5, 0.6) is 0 Å². The number of alkyl carbamates (subject to hydrolysis) is 1. The van der Waals surface area contributed by atoms with E-state index in [0.29, 0.717) is 11.1 Å². The highest BCUT2D eigenvalue weighted by atomic mass is 35.5. The van der Waals surface area contributed by atoms with Crippen LogP contribution < -0.4 is 16.5 Å². The van der Waals surface area contributed by atoms with E-state index in [4.69, 9.17) is 33.2 Å². The number of carbonyl (C=O) groups is 3. The first-order valence-electron chi connectivity index (χ1n) is 10.5. The first kappa shape index (κ1) is 32.5. The van der Waals surface area contributed by atoms with Crippen LogP contribution >= 0.6 is 23.2 Å². The van der Waals surface area contributed by atoms with Crippen LogP contribution in [0.4, 0.5) is 35.9 Å². The van der Waals surface area contributed by atoms with E-state index in [2.05, 4.69) is 15.6 Å². The first-order chi connectivity index (χ1) is 18.4. The highest BCUT2D eigenvalue weighted by Gasteiger charge is 2.62. The van der Waals surface area contributed by atoms with E-state index >= 15 is 0 Å². The number of amides is 3. The van der Waals surface area contributed by atoms with Gasteiger partial charge in [0, 0.05) is 27.6 Å². The average molecular weight is 619 g/mol. The Morgan fingerprint density at radius 3 is 2.17 bits per heavy atom. The van der Waals surface area contributed by atoms with Crippen LogP contribution in [0.15, 0.2) is 41.6 Å². The largest absolute Gasteiger partial charge is 0.435 e. The summed E-state index contributed by atoms with van der Waals surface area (Å²) in [5.74, 6) is -0.730. The van der Waals surface area contributed by atoms with E-state index in [9.17, 15) is 40.7 Å². The maximum absolute atomic E-state index is 14.0. The number of primary amides is 1. The van der Waals surface area contributed by atoms with Crippen LogP contribution in [0.3, 0.4) is 0 Å². The predicted molar refractivity (Wildman–Crippen MR) is 127 cm³/mol. The second kappa shape index (κ2) is 12.6. The minimum absolute atomic E-state index is 0.0402. The van der Waals surface area contributed by atoms with Crippen molar-refractivity contribution in [3.8, 4) is 0 Å². The molecule has 3 amide bonds. The SMILES string of the molecule is Cc1cc(C2=NOC(c3cc(Cl)cc(Cl)c3)(C(F)(F)F)C2)ccc1C(=O)NO.NC(=O)OC(=O)NCC(F)(F)F. The van der Waals surface area contributed by atoms with Gasteiger partial charge in [0.25, 0.3) is 11.5 Å². The standard InChI is InChI=1S/C18H13Cl2F3N2O3.C4H5F3N2O3/c1-9-4-10(2-3-14(9)16(26)24-27)15-8-17(28-25-15,18(21,22)23)11-5-12(19)7-13(20)6-11;5-4(6,7)1-9-3(11)12-2(8)10/h2-7,27H,8H2,1H3,(H,24,26);1H2,(H2,8,10)(H,9,11). The number of aryl methyl sites for hydroxylation is 1. The van der Waals surface area contributed by atoms with Gasteiger partial charge in [0.1, 0.15) is 6.54 Å². The first-order valence-corrected chi connectivity index (χ1v) is 11.3. The molecule has 0 fully saturated rings. The topological polar surface area (TPSA) is 152 Å². The minimum Gasteiger partial charge on any atom is -0.374 e. The Labute approximate surface area is 230 Å². The number of hydroxylamine groups is 1. The molecule has 0 saturated heterocycles. The molecule has 10 nitrogen and oxygen atoms in total. The summed E-state index contributed by atoms with van der Waals surface area (Å²) in [7, 11) is 0. The van der Waals surface area contributed by atoms with Gasteiger partial charge in [0.2, 0.25) is 0 Å². The smallest absolute Gasteiger partial charge is 0.374 e. The number of nitrogens with two attached hydrogens (primary N) is 1. The molecular weight excluding hydrogens is 601 g/mol. The van der Waals surface area contributed by atoms with Crippen LogP contribution in [0.1, 0.15) is 33.5 Å². The van der Waals surface area contributed by atoms with Crippen molar-refractivity contribution in [3.05, 3.63) is 68.7 Å². The normalized spacial score (nSPS) is 16.6. The third kappa shape index (κ3) is 8.37. The average Bonchev–Trinajstić information content (AvgIpc) is 3.28. The Balaban J connectivity index is 0.000000395. The molecule has 0 radical (unpaired) electrons. The maximum Gasteiger partial charge on any atom is 0.435 e.